The Hall–Kier alpha value is -2.45. The molecule has 1 heterocycles. The van der Waals surface area contributed by atoms with E-state index in [9.17, 15) is 49.3 Å². The van der Waals surface area contributed by atoms with E-state index in [2.05, 4.69) is 4.74 Å². The molecule has 0 saturated carbocycles. The number of benzene rings is 1. The van der Waals surface area contributed by atoms with E-state index in [1.54, 1.807) is 4.98 Å². The van der Waals surface area contributed by atoms with Crippen molar-refractivity contribution in [3.05, 3.63) is 38.4 Å². The van der Waals surface area contributed by atoms with Crippen LogP contribution in [0.1, 0.15) is 5.56 Å². The molecule has 0 amide bonds. The second kappa shape index (κ2) is 7.35. The number of aromatic nitrogens is 2. The molecule has 0 aliphatic heterocycles. The van der Waals surface area contributed by atoms with E-state index in [1.165, 1.54) is 0 Å². The van der Waals surface area contributed by atoms with Crippen LogP contribution in [0.5, 0.6) is 5.75 Å². The van der Waals surface area contributed by atoms with Gasteiger partial charge in [0.1, 0.15) is 12.0 Å². The first-order valence-electron chi connectivity index (χ1n) is 7.33. The van der Waals surface area contributed by atoms with Crippen LogP contribution in [0.25, 0.3) is 11.0 Å². The van der Waals surface area contributed by atoms with Crippen LogP contribution < -0.4 is 15.9 Å². The lowest BCUT2D eigenvalue weighted by Crippen LogP contribution is -2.47. The Bertz CT molecular complexity index is 1140. The smallest absolute Gasteiger partial charge is 0.427 e. The average Bonchev–Trinajstić information content (AvgIpc) is 2.56. The van der Waals surface area contributed by atoms with Gasteiger partial charge in [-0.1, -0.05) is 0 Å². The molecule has 0 fully saturated rings. The summed E-state index contributed by atoms with van der Waals surface area (Å²) in [6.07, 6.45) is -12.9. The highest BCUT2D eigenvalue weighted by Gasteiger charge is 2.60. The summed E-state index contributed by atoms with van der Waals surface area (Å²) < 4.78 is 120. The number of H-pyrrole nitrogens is 1. The molecule has 0 aliphatic rings. The van der Waals surface area contributed by atoms with Crippen molar-refractivity contribution in [1.82, 2.24) is 9.55 Å². The summed E-state index contributed by atoms with van der Waals surface area (Å²) in [6.45, 7) is -2.99. The van der Waals surface area contributed by atoms with Crippen molar-refractivity contribution in [3.63, 3.8) is 0 Å². The fourth-order valence-corrected chi connectivity index (χ4v) is 2.87. The topological polar surface area (TPSA) is 122 Å². The Balaban J connectivity index is 2.88. The molecule has 0 aliphatic carbocycles. The number of ether oxygens (including phenoxy) is 1. The summed E-state index contributed by atoms with van der Waals surface area (Å²) in [4.78, 5) is 43.0. The number of rotatable bonds is 6. The van der Waals surface area contributed by atoms with E-state index in [0.29, 0.717) is 0 Å². The van der Waals surface area contributed by atoms with E-state index in [1.807, 2.05) is 0 Å². The minimum Gasteiger partial charge on any atom is -0.427 e. The first-order valence-corrected chi connectivity index (χ1v) is 9.12. The molecule has 0 bridgehead atoms. The normalized spacial score (nSPS) is 13.7. The maximum Gasteiger partial charge on any atom is 0.467 e. The quantitative estimate of drug-likeness (QED) is 0.338. The predicted molar refractivity (Wildman–Crippen MR) is 82.4 cm³/mol. The highest BCUT2D eigenvalue weighted by Crippen LogP contribution is 2.44. The Morgan fingerprint density at radius 3 is 2.10 bits per heavy atom. The number of fused-ring (bicyclic) bond motifs is 1. The second-order valence-electron chi connectivity index (χ2n) is 5.81. The van der Waals surface area contributed by atoms with Crippen LogP contribution in [0.3, 0.4) is 0 Å². The largest absolute Gasteiger partial charge is 0.467 e. The van der Waals surface area contributed by atoms with E-state index >= 15 is 0 Å². The number of halogens is 8. The van der Waals surface area contributed by atoms with Crippen LogP contribution in [0.15, 0.2) is 21.7 Å². The van der Waals surface area contributed by atoms with Crippen molar-refractivity contribution in [1.29, 1.82) is 0 Å². The molecule has 2 rings (SSSR count). The van der Waals surface area contributed by atoms with Crippen LogP contribution in [-0.4, -0.2) is 38.0 Å². The number of hydrogen-bond acceptors (Lipinski definition) is 4. The summed E-state index contributed by atoms with van der Waals surface area (Å²) in [5.74, 6) is -7.56. The van der Waals surface area contributed by atoms with Gasteiger partial charge in [0.25, 0.3) is 0 Å². The molecule has 0 radical (unpaired) electrons. The monoisotopic (exact) mass is 472 g/mol. The molecule has 2 aromatic rings. The van der Waals surface area contributed by atoms with Crippen LogP contribution in [0.4, 0.5) is 35.1 Å². The van der Waals surface area contributed by atoms with Gasteiger partial charge in [0.05, 0.1) is 16.6 Å². The van der Waals surface area contributed by atoms with Gasteiger partial charge in [-0.25, -0.2) is 4.39 Å². The van der Waals surface area contributed by atoms with Crippen LogP contribution in [-0.2, 0) is 17.0 Å². The Morgan fingerprint density at radius 2 is 1.63 bits per heavy atom. The predicted octanol–water partition coefficient (Wildman–Crippen LogP) is 2.42. The maximum atomic E-state index is 13.5. The molecule has 3 N–H and O–H groups in total. The molecule has 17 heteroatoms. The molecule has 0 atom stereocenters. The molecule has 0 spiro atoms. The standard InChI is InChI=1S/C13H9F8N2O6P/c14-3-11(15,16)13(20,21)29-8-2-7-6(1-5(8)12(17,18)19)22-9(24)10(25)23(7)4-30(26,27)28/h1-2H,3-4H2,(H,22,24)(H2,26,27,28). The Kier molecular flexibility index (Phi) is 5.84. The van der Waals surface area contributed by atoms with Crippen LogP contribution in [0, 0.1) is 0 Å². The summed E-state index contributed by atoms with van der Waals surface area (Å²) in [5.41, 5.74) is -7.32. The third kappa shape index (κ3) is 4.65. The van der Waals surface area contributed by atoms with Gasteiger partial charge in [0.2, 0.25) is 0 Å². The third-order valence-electron chi connectivity index (χ3n) is 3.54. The molecule has 0 unspecified atom stereocenters. The third-order valence-corrected chi connectivity index (χ3v) is 4.19. The first-order chi connectivity index (χ1) is 13.4. The molecule has 1 aromatic heterocycles. The minimum absolute atomic E-state index is 0.0482. The molecular weight excluding hydrogens is 463 g/mol. The number of alkyl halides is 8. The lowest BCUT2D eigenvalue weighted by Gasteiger charge is -2.26. The van der Waals surface area contributed by atoms with Crippen molar-refractivity contribution in [3.8, 4) is 5.75 Å². The van der Waals surface area contributed by atoms with Gasteiger partial charge in [-0.15, -0.1) is 0 Å². The zero-order chi connectivity index (χ0) is 23.3. The summed E-state index contributed by atoms with van der Waals surface area (Å²) in [6, 6.07) is -0.140. The maximum absolute atomic E-state index is 13.5. The molecule has 168 valence electrons. The van der Waals surface area contributed by atoms with Crippen molar-refractivity contribution in [2.24, 2.45) is 0 Å². The number of aromatic amines is 1. The lowest BCUT2D eigenvalue weighted by atomic mass is 10.1. The molecule has 30 heavy (non-hydrogen) atoms. The minimum atomic E-state index is -5.79. The van der Waals surface area contributed by atoms with E-state index in [0.717, 1.165) is 0 Å². The van der Waals surface area contributed by atoms with E-state index < -0.39 is 72.2 Å². The van der Waals surface area contributed by atoms with Gasteiger partial charge in [-0.2, -0.15) is 30.7 Å². The van der Waals surface area contributed by atoms with E-state index in [-0.39, 0.29) is 16.7 Å². The van der Waals surface area contributed by atoms with Crippen molar-refractivity contribution >= 4 is 18.6 Å². The fraction of sp³-hybridized carbons (Fsp3) is 0.385. The summed E-state index contributed by atoms with van der Waals surface area (Å²) in [7, 11) is -5.14. The number of nitrogens with zero attached hydrogens (tertiary/aromatic N) is 1. The average molecular weight is 472 g/mol. The Morgan fingerprint density at radius 1 is 1.07 bits per heavy atom. The molecule has 1 aromatic carbocycles. The second-order valence-corrected chi connectivity index (χ2v) is 7.43. The molecule has 0 saturated heterocycles. The summed E-state index contributed by atoms with van der Waals surface area (Å²) >= 11 is 0. The highest BCUT2D eigenvalue weighted by molar-refractivity contribution is 7.50. The SMILES string of the molecule is O=c1[nH]c2cc(C(F)(F)F)c(OC(F)(F)C(F)(F)CF)cc2n(CP(=O)(O)O)c1=O. The van der Waals surface area contributed by atoms with Gasteiger partial charge in [0.15, 0.2) is 6.67 Å². The van der Waals surface area contributed by atoms with Gasteiger partial charge in [-0.05, 0) is 6.07 Å². The Labute approximate surface area is 158 Å². The van der Waals surface area contributed by atoms with E-state index in [4.69, 9.17) is 9.79 Å². The first kappa shape index (κ1) is 23.8. The van der Waals surface area contributed by atoms with Crippen molar-refractivity contribution in [2.45, 2.75) is 24.5 Å². The number of hydrogen-bond donors (Lipinski definition) is 3. The van der Waals surface area contributed by atoms with Crippen LogP contribution in [0.2, 0.25) is 0 Å². The molecule has 8 nitrogen and oxygen atoms in total. The van der Waals surface area contributed by atoms with Crippen molar-refractivity contribution in [2.75, 3.05) is 6.67 Å². The zero-order valence-corrected chi connectivity index (χ0v) is 14.9. The highest BCUT2D eigenvalue weighted by atomic mass is 31.2. The van der Waals surface area contributed by atoms with Crippen LogP contribution >= 0.6 is 7.60 Å². The zero-order valence-electron chi connectivity index (χ0n) is 14.0. The fourth-order valence-electron chi connectivity index (χ4n) is 2.22. The van der Waals surface area contributed by atoms with Crippen molar-refractivity contribution < 1.29 is 54.2 Å². The van der Waals surface area contributed by atoms with Gasteiger partial charge >= 0.3 is 36.9 Å². The van der Waals surface area contributed by atoms with Gasteiger partial charge in [-0.3, -0.25) is 18.7 Å². The molecular formula is C13H9F8N2O6P. The summed E-state index contributed by atoms with van der Waals surface area (Å²) in [5, 5.41) is 0. The lowest BCUT2D eigenvalue weighted by molar-refractivity contribution is -0.313. The number of nitrogens with one attached hydrogen (secondary N) is 1. The van der Waals surface area contributed by atoms with Gasteiger partial charge < -0.3 is 19.5 Å². The van der Waals surface area contributed by atoms with Gasteiger partial charge in [0, 0.05) is 6.07 Å².